The number of nitrogens with zero attached hydrogens (tertiary/aromatic N) is 4. The minimum Gasteiger partial charge on any atom is -0.329 e. The van der Waals surface area contributed by atoms with Gasteiger partial charge in [-0.15, -0.1) is 11.3 Å². The van der Waals surface area contributed by atoms with Gasteiger partial charge in [-0.1, -0.05) is 17.8 Å². The number of Topliss-reactive ketones (excluding diaryl/α,β-unsaturated/α-hetero) is 1. The number of nitrogens with one attached hydrogen (secondary N) is 1. The van der Waals surface area contributed by atoms with E-state index in [1.807, 2.05) is 12.3 Å². The maximum atomic E-state index is 12.1. The first kappa shape index (κ1) is 15.2. The van der Waals surface area contributed by atoms with Crippen molar-refractivity contribution in [2.45, 2.75) is 12.1 Å². The van der Waals surface area contributed by atoms with Crippen LogP contribution in [0.4, 0.5) is 5.95 Å². The van der Waals surface area contributed by atoms with Crippen molar-refractivity contribution < 1.29 is 4.79 Å². The van der Waals surface area contributed by atoms with Crippen LogP contribution in [0.15, 0.2) is 34.4 Å². The number of hydrogen-bond acceptors (Lipinski definition) is 8. The van der Waals surface area contributed by atoms with E-state index in [2.05, 4.69) is 20.3 Å². The number of ketones is 1. The minimum atomic E-state index is -0.323. The van der Waals surface area contributed by atoms with Gasteiger partial charge in [0.1, 0.15) is 17.5 Å². The van der Waals surface area contributed by atoms with Crippen LogP contribution in [0, 0.1) is 18.3 Å². The minimum absolute atomic E-state index is 0.00113. The summed E-state index contributed by atoms with van der Waals surface area (Å²) in [6, 6.07) is 5.32. The highest BCUT2D eigenvalue weighted by molar-refractivity contribution is 7.98. The van der Waals surface area contributed by atoms with Crippen molar-refractivity contribution in [2.75, 3.05) is 11.6 Å². The number of anilines is 1. The molecule has 0 radical (unpaired) electrons. The van der Waals surface area contributed by atoms with E-state index in [1.165, 1.54) is 29.3 Å². The van der Waals surface area contributed by atoms with Crippen molar-refractivity contribution >= 4 is 34.8 Å². The van der Waals surface area contributed by atoms with Gasteiger partial charge in [0.15, 0.2) is 5.16 Å². The Balaban J connectivity index is 2.20. The molecule has 21 heavy (non-hydrogen) atoms. The number of nitriles is 1. The lowest BCUT2D eigenvalue weighted by Gasteiger charge is -2.03. The third-order valence-corrected chi connectivity index (χ3v) is 3.78. The fraction of sp³-hybridized carbons (Fsp3) is 0.154. The third kappa shape index (κ3) is 3.87. The second-order valence-electron chi connectivity index (χ2n) is 3.81. The van der Waals surface area contributed by atoms with Gasteiger partial charge in [-0.05, 0) is 24.6 Å². The zero-order valence-electron chi connectivity index (χ0n) is 11.3. The molecule has 2 aromatic rings. The molecular weight excluding hydrogens is 306 g/mol. The van der Waals surface area contributed by atoms with Crippen LogP contribution in [0.1, 0.15) is 15.5 Å². The molecule has 106 valence electrons. The average molecular weight is 317 g/mol. The molecule has 0 saturated carbocycles. The van der Waals surface area contributed by atoms with Crippen molar-refractivity contribution in [3.05, 3.63) is 40.0 Å². The summed E-state index contributed by atoms with van der Waals surface area (Å²) < 4.78 is 0. The van der Waals surface area contributed by atoms with Crippen LogP contribution in [0.5, 0.6) is 0 Å². The summed E-state index contributed by atoms with van der Waals surface area (Å²) in [5.41, 5.74) is 0.00113. The van der Waals surface area contributed by atoms with Crippen molar-refractivity contribution in [2.24, 2.45) is 0 Å². The molecule has 2 rings (SSSR count). The van der Waals surface area contributed by atoms with Crippen LogP contribution in [0.2, 0.25) is 0 Å². The Morgan fingerprint density at radius 3 is 2.90 bits per heavy atom. The van der Waals surface area contributed by atoms with Gasteiger partial charge >= 0.3 is 0 Å². The Bertz CT molecular complexity index is 719. The number of aromatic nitrogens is 3. The van der Waals surface area contributed by atoms with E-state index in [4.69, 9.17) is 5.26 Å². The first-order valence-electron chi connectivity index (χ1n) is 5.85. The molecule has 0 aliphatic rings. The lowest BCUT2D eigenvalue weighted by molar-refractivity contribution is 0.104. The van der Waals surface area contributed by atoms with Crippen LogP contribution >= 0.6 is 23.1 Å². The van der Waals surface area contributed by atoms with E-state index in [-0.39, 0.29) is 11.4 Å². The predicted molar refractivity (Wildman–Crippen MR) is 82.3 cm³/mol. The standard InChI is InChI=1S/C13H11N5OS2/c1-8-16-12(18-13(17-8)20-2)15-7-9(6-14)11(19)10-4-3-5-21-10/h3-5,7H,1-2H3,(H,15,16,17,18)/b9-7+. The number of hydrogen-bond donors (Lipinski definition) is 1. The van der Waals surface area contributed by atoms with Crippen LogP contribution in [0.25, 0.3) is 0 Å². The monoisotopic (exact) mass is 317 g/mol. The number of aryl methyl sites for hydroxylation is 1. The van der Waals surface area contributed by atoms with Crippen LogP contribution in [-0.2, 0) is 0 Å². The molecule has 0 aliphatic carbocycles. The molecule has 0 amide bonds. The number of thiophene rings is 1. The van der Waals surface area contributed by atoms with Gasteiger partial charge in [-0.3, -0.25) is 4.79 Å². The summed E-state index contributed by atoms with van der Waals surface area (Å²) in [6.45, 7) is 1.75. The molecule has 2 heterocycles. The summed E-state index contributed by atoms with van der Waals surface area (Å²) in [5, 5.41) is 14.2. The van der Waals surface area contributed by atoms with E-state index in [0.29, 0.717) is 21.8 Å². The molecule has 0 fully saturated rings. The Hall–Kier alpha value is -2.24. The van der Waals surface area contributed by atoms with Gasteiger partial charge in [-0.25, -0.2) is 4.98 Å². The van der Waals surface area contributed by atoms with Gasteiger partial charge in [0.25, 0.3) is 0 Å². The Kier molecular flexibility index (Phi) is 5.03. The third-order valence-electron chi connectivity index (χ3n) is 2.36. The normalized spacial score (nSPS) is 11.0. The van der Waals surface area contributed by atoms with Crippen LogP contribution in [0.3, 0.4) is 0 Å². The fourth-order valence-electron chi connectivity index (χ4n) is 1.44. The number of thioether (sulfide) groups is 1. The summed E-state index contributed by atoms with van der Waals surface area (Å²) in [7, 11) is 0. The quantitative estimate of drug-likeness (QED) is 0.392. The molecular formula is C13H11N5OS2. The zero-order valence-corrected chi connectivity index (χ0v) is 13.0. The molecule has 2 aromatic heterocycles. The second kappa shape index (κ2) is 6.97. The Morgan fingerprint density at radius 2 is 2.29 bits per heavy atom. The van der Waals surface area contributed by atoms with E-state index < -0.39 is 0 Å². The SMILES string of the molecule is CSc1nc(C)nc(N/C=C(\C#N)C(=O)c2cccs2)n1. The topological polar surface area (TPSA) is 91.6 Å². The molecule has 0 saturated heterocycles. The number of carbonyl (C=O) groups is 1. The molecule has 1 N–H and O–H groups in total. The van der Waals surface area contributed by atoms with E-state index in [0.717, 1.165) is 0 Å². The Labute approximate surface area is 130 Å². The van der Waals surface area contributed by atoms with Crippen molar-refractivity contribution in [3.63, 3.8) is 0 Å². The highest BCUT2D eigenvalue weighted by Gasteiger charge is 2.13. The molecule has 8 heteroatoms. The molecule has 0 unspecified atom stereocenters. The molecule has 0 aliphatic heterocycles. The molecule has 0 aromatic carbocycles. The number of carbonyl (C=O) groups excluding carboxylic acids is 1. The number of rotatable bonds is 5. The maximum Gasteiger partial charge on any atom is 0.231 e. The predicted octanol–water partition coefficient (Wildman–Crippen LogP) is 2.67. The summed E-state index contributed by atoms with van der Waals surface area (Å²) in [4.78, 5) is 25.0. The smallest absolute Gasteiger partial charge is 0.231 e. The van der Waals surface area contributed by atoms with E-state index in [9.17, 15) is 4.79 Å². The summed E-state index contributed by atoms with van der Waals surface area (Å²) >= 11 is 2.68. The van der Waals surface area contributed by atoms with Crippen molar-refractivity contribution in [1.29, 1.82) is 5.26 Å². The first-order valence-corrected chi connectivity index (χ1v) is 7.96. The van der Waals surface area contributed by atoms with E-state index in [1.54, 1.807) is 24.4 Å². The largest absolute Gasteiger partial charge is 0.329 e. The number of allylic oxidation sites excluding steroid dienone is 1. The van der Waals surface area contributed by atoms with Crippen molar-refractivity contribution in [3.8, 4) is 6.07 Å². The highest BCUT2D eigenvalue weighted by Crippen LogP contribution is 2.15. The van der Waals surface area contributed by atoms with E-state index >= 15 is 0 Å². The van der Waals surface area contributed by atoms with Gasteiger partial charge in [-0.2, -0.15) is 15.2 Å². The summed E-state index contributed by atoms with van der Waals surface area (Å²) in [6.07, 6.45) is 3.18. The van der Waals surface area contributed by atoms with Gasteiger partial charge in [0.2, 0.25) is 11.7 Å². The average Bonchev–Trinajstić information content (AvgIpc) is 3.01. The zero-order chi connectivity index (χ0) is 15.2. The van der Waals surface area contributed by atoms with Gasteiger partial charge in [0, 0.05) is 6.20 Å². The highest BCUT2D eigenvalue weighted by atomic mass is 32.2. The van der Waals surface area contributed by atoms with Crippen molar-refractivity contribution in [1.82, 2.24) is 15.0 Å². The van der Waals surface area contributed by atoms with Gasteiger partial charge in [0.05, 0.1) is 4.88 Å². The molecule has 0 spiro atoms. The van der Waals surface area contributed by atoms with Crippen LogP contribution < -0.4 is 5.32 Å². The fourth-order valence-corrected chi connectivity index (χ4v) is 2.52. The molecule has 0 atom stereocenters. The Morgan fingerprint density at radius 1 is 1.48 bits per heavy atom. The maximum absolute atomic E-state index is 12.1. The van der Waals surface area contributed by atoms with Crippen LogP contribution in [-0.4, -0.2) is 27.0 Å². The molecule has 0 bridgehead atoms. The summed E-state index contributed by atoms with van der Waals surface area (Å²) in [5.74, 6) is 0.544. The lowest BCUT2D eigenvalue weighted by atomic mass is 10.2. The second-order valence-corrected chi connectivity index (χ2v) is 5.53. The first-order chi connectivity index (χ1) is 10.1. The lowest BCUT2D eigenvalue weighted by Crippen LogP contribution is -2.05. The van der Waals surface area contributed by atoms with Gasteiger partial charge < -0.3 is 5.32 Å². The molecule has 6 nitrogen and oxygen atoms in total.